The van der Waals surface area contributed by atoms with Crippen molar-refractivity contribution in [2.24, 2.45) is 5.73 Å². The van der Waals surface area contributed by atoms with E-state index in [4.69, 9.17) is 11.1 Å². The maximum absolute atomic E-state index is 12.5. The van der Waals surface area contributed by atoms with Crippen molar-refractivity contribution >= 4 is 23.5 Å². The van der Waals surface area contributed by atoms with Crippen LogP contribution in [0.3, 0.4) is 0 Å². The monoisotopic (exact) mass is 378 g/mol. The number of nitrogen functional groups attached to an aromatic ring is 1. The van der Waals surface area contributed by atoms with Crippen molar-refractivity contribution < 1.29 is 4.79 Å². The third-order valence-corrected chi connectivity index (χ3v) is 4.86. The molecule has 2 aromatic carbocycles. The van der Waals surface area contributed by atoms with Gasteiger partial charge in [-0.3, -0.25) is 10.2 Å². The molecule has 0 aliphatic heterocycles. The zero-order chi connectivity index (χ0) is 20.8. The van der Waals surface area contributed by atoms with E-state index in [0.717, 1.165) is 34.5 Å². The zero-order valence-electron chi connectivity index (χ0n) is 17.4. The first-order valence-corrected chi connectivity index (χ1v) is 9.40. The molecule has 1 amide bonds. The first kappa shape index (κ1) is 21.2. The highest BCUT2D eigenvalue weighted by Crippen LogP contribution is 2.17. The van der Waals surface area contributed by atoms with Crippen molar-refractivity contribution in [2.45, 2.75) is 26.8 Å². The highest BCUT2D eigenvalue weighted by Gasteiger charge is 2.16. The summed E-state index contributed by atoms with van der Waals surface area (Å²) in [6.45, 7) is 6.70. The number of amides is 1. The molecule has 2 rings (SSSR count). The van der Waals surface area contributed by atoms with E-state index in [0.29, 0.717) is 0 Å². The highest BCUT2D eigenvalue weighted by atomic mass is 16.2. The van der Waals surface area contributed by atoms with E-state index in [9.17, 15) is 4.79 Å². The lowest BCUT2D eigenvalue weighted by atomic mass is 10.0. The Kier molecular flexibility index (Phi) is 6.99. The molecule has 0 fully saturated rings. The van der Waals surface area contributed by atoms with Gasteiger partial charge >= 0.3 is 0 Å². The second-order valence-electron chi connectivity index (χ2n) is 7.33. The summed E-state index contributed by atoms with van der Waals surface area (Å²) >= 11 is 0. The predicted octanol–water partition coefficient (Wildman–Crippen LogP) is 3.91. The summed E-state index contributed by atoms with van der Waals surface area (Å²) in [5, 5.41) is 7.56. The minimum absolute atomic E-state index is 0.0492. The molecule has 0 aliphatic rings. The number of hydrogen-bond donors (Lipinski definition) is 2. The fourth-order valence-corrected chi connectivity index (χ4v) is 2.82. The van der Waals surface area contributed by atoms with Gasteiger partial charge in [-0.2, -0.15) is 0 Å². The van der Waals surface area contributed by atoms with Crippen molar-refractivity contribution in [2.75, 3.05) is 25.5 Å². The number of likely N-dealkylation sites (N-methyl/N-ethyl adjacent to an activating group) is 1. The normalized spacial score (nSPS) is 11.1. The van der Waals surface area contributed by atoms with Gasteiger partial charge in [-0.05, 0) is 50.1 Å². The van der Waals surface area contributed by atoms with Gasteiger partial charge in [0, 0.05) is 43.5 Å². The molecule has 0 aliphatic carbocycles. The molecule has 0 spiro atoms. The van der Waals surface area contributed by atoms with Crippen LogP contribution in [0.4, 0.5) is 5.69 Å². The van der Waals surface area contributed by atoms with Crippen LogP contribution < -0.4 is 10.6 Å². The second-order valence-corrected chi connectivity index (χ2v) is 7.33. The quantitative estimate of drug-likeness (QED) is 0.567. The van der Waals surface area contributed by atoms with E-state index in [2.05, 4.69) is 17.1 Å². The predicted molar refractivity (Wildman–Crippen MR) is 118 cm³/mol. The Morgan fingerprint density at radius 2 is 1.89 bits per heavy atom. The van der Waals surface area contributed by atoms with Crippen molar-refractivity contribution in [3.8, 4) is 0 Å². The van der Waals surface area contributed by atoms with E-state index in [1.165, 1.54) is 0 Å². The molecule has 0 saturated carbocycles. The number of nitrogens with one attached hydrogen (secondary N) is 1. The van der Waals surface area contributed by atoms with Crippen molar-refractivity contribution in [3.05, 3.63) is 70.8 Å². The lowest BCUT2D eigenvalue weighted by Gasteiger charge is -2.22. The fraction of sp³-hybridized carbons (Fsp3) is 0.304. The summed E-state index contributed by atoms with van der Waals surface area (Å²) in [6.07, 6.45) is 4.13. The van der Waals surface area contributed by atoms with Gasteiger partial charge in [0.2, 0.25) is 0 Å². The van der Waals surface area contributed by atoms with Crippen LogP contribution in [-0.2, 0) is 0 Å². The average molecular weight is 379 g/mol. The Balaban J connectivity index is 2.06. The van der Waals surface area contributed by atoms with E-state index < -0.39 is 0 Å². The van der Waals surface area contributed by atoms with Gasteiger partial charge in [-0.15, -0.1) is 0 Å². The van der Waals surface area contributed by atoms with Crippen molar-refractivity contribution in [3.63, 3.8) is 0 Å². The minimum Gasteiger partial charge on any atom is -0.384 e. The lowest BCUT2D eigenvalue weighted by molar-refractivity contribution is 0.0754. The van der Waals surface area contributed by atoms with Crippen LogP contribution in [0, 0.1) is 12.3 Å². The molecular formula is C23H30N4O. The summed E-state index contributed by atoms with van der Waals surface area (Å²) in [7, 11) is 3.83. The number of carbonyl (C=O) groups is 1. The third-order valence-electron chi connectivity index (χ3n) is 4.86. The molecule has 3 N–H and O–H groups in total. The molecule has 0 atom stereocenters. The van der Waals surface area contributed by atoms with Crippen LogP contribution in [0.2, 0.25) is 0 Å². The van der Waals surface area contributed by atoms with Crippen LogP contribution in [0.5, 0.6) is 0 Å². The summed E-state index contributed by atoms with van der Waals surface area (Å²) in [5.41, 5.74) is 10.1. The Morgan fingerprint density at radius 3 is 2.50 bits per heavy atom. The maximum Gasteiger partial charge on any atom is 0.254 e. The number of rotatable bonds is 7. The number of aryl methyl sites for hydroxylation is 1. The molecule has 28 heavy (non-hydrogen) atoms. The Bertz CT molecular complexity index is 886. The smallest absolute Gasteiger partial charge is 0.254 e. The van der Waals surface area contributed by atoms with Crippen LogP contribution in [-0.4, -0.2) is 43.3 Å². The zero-order valence-corrected chi connectivity index (χ0v) is 17.4. The summed E-state index contributed by atoms with van der Waals surface area (Å²) in [4.78, 5) is 16.4. The van der Waals surface area contributed by atoms with E-state index >= 15 is 0 Å². The first-order chi connectivity index (χ1) is 13.2. The topological polar surface area (TPSA) is 73.4 Å². The molecule has 5 heteroatoms. The number of benzene rings is 2. The van der Waals surface area contributed by atoms with E-state index in [1.807, 2.05) is 77.3 Å². The molecule has 0 heterocycles. The molecule has 0 saturated heterocycles. The van der Waals surface area contributed by atoms with Crippen LogP contribution >= 0.6 is 0 Å². The number of nitrogens with two attached hydrogens (primary N) is 1. The van der Waals surface area contributed by atoms with Crippen LogP contribution in [0.15, 0.2) is 48.5 Å². The van der Waals surface area contributed by atoms with Gasteiger partial charge < -0.3 is 15.5 Å². The molecule has 5 nitrogen and oxygen atoms in total. The maximum atomic E-state index is 12.5. The standard InChI is InChI=1S/C23H30N4O/c1-16(2)27(5)23(28)21-12-11-18(14-17(21)3)8-7-13-26(4)20-10-6-9-19(15-20)22(24)25/h6-12,14-16H,13H2,1-5H3,(H3,24,25). The SMILES string of the molecule is Cc1cc(C=CCN(C)c2cccc(C(=N)N)c2)ccc1C(=O)N(C)C(C)C. The van der Waals surface area contributed by atoms with Gasteiger partial charge in [-0.1, -0.05) is 36.4 Å². The number of anilines is 1. The van der Waals surface area contributed by atoms with E-state index in [1.54, 1.807) is 4.90 Å². The van der Waals surface area contributed by atoms with E-state index in [-0.39, 0.29) is 17.8 Å². The molecule has 148 valence electrons. The summed E-state index contributed by atoms with van der Waals surface area (Å²) in [6, 6.07) is 13.7. The van der Waals surface area contributed by atoms with Gasteiger partial charge in [0.15, 0.2) is 0 Å². The molecule has 0 bridgehead atoms. The molecule has 0 aromatic heterocycles. The minimum atomic E-state index is 0.0492. The number of amidine groups is 1. The number of nitrogens with zero attached hydrogens (tertiary/aromatic N) is 2. The summed E-state index contributed by atoms with van der Waals surface area (Å²) < 4.78 is 0. The van der Waals surface area contributed by atoms with Crippen LogP contribution in [0.1, 0.15) is 40.9 Å². The Hall–Kier alpha value is -3.08. The Morgan fingerprint density at radius 1 is 1.18 bits per heavy atom. The largest absolute Gasteiger partial charge is 0.384 e. The van der Waals surface area contributed by atoms with Gasteiger partial charge in [-0.25, -0.2) is 0 Å². The molecule has 0 unspecified atom stereocenters. The highest BCUT2D eigenvalue weighted by molar-refractivity contribution is 5.96. The fourth-order valence-electron chi connectivity index (χ4n) is 2.82. The second kappa shape index (κ2) is 9.22. The number of hydrogen-bond acceptors (Lipinski definition) is 3. The molecule has 0 radical (unpaired) electrons. The third kappa shape index (κ3) is 5.22. The van der Waals surface area contributed by atoms with Gasteiger partial charge in [0.05, 0.1) is 0 Å². The molecular weight excluding hydrogens is 348 g/mol. The van der Waals surface area contributed by atoms with Crippen molar-refractivity contribution in [1.29, 1.82) is 5.41 Å². The summed E-state index contributed by atoms with van der Waals surface area (Å²) in [5.74, 6) is 0.118. The lowest BCUT2D eigenvalue weighted by Crippen LogP contribution is -2.33. The van der Waals surface area contributed by atoms with Crippen LogP contribution in [0.25, 0.3) is 6.08 Å². The van der Waals surface area contributed by atoms with Gasteiger partial charge in [0.25, 0.3) is 5.91 Å². The Labute approximate surface area is 168 Å². The average Bonchev–Trinajstić information content (AvgIpc) is 2.66. The number of carbonyl (C=O) groups excluding carboxylic acids is 1. The molecule has 2 aromatic rings. The van der Waals surface area contributed by atoms with Gasteiger partial charge in [0.1, 0.15) is 5.84 Å². The first-order valence-electron chi connectivity index (χ1n) is 9.40. The van der Waals surface area contributed by atoms with Crippen molar-refractivity contribution in [1.82, 2.24) is 4.90 Å².